The number of rotatable bonds is 3. The molecule has 3 heterocycles. The van der Waals surface area contributed by atoms with Crippen molar-refractivity contribution in [1.29, 1.82) is 0 Å². The van der Waals surface area contributed by atoms with E-state index in [0.717, 1.165) is 43.1 Å². The van der Waals surface area contributed by atoms with Crippen LogP contribution < -0.4 is 15.0 Å². The van der Waals surface area contributed by atoms with Gasteiger partial charge < -0.3 is 19.4 Å². The van der Waals surface area contributed by atoms with Gasteiger partial charge in [-0.05, 0) is 12.1 Å². The molecule has 1 saturated heterocycles. The van der Waals surface area contributed by atoms with Crippen molar-refractivity contribution in [3.63, 3.8) is 0 Å². The van der Waals surface area contributed by atoms with E-state index in [2.05, 4.69) is 15.2 Å². The molecule has 19 heavy (non-hydrogen) atoms. The Morgan fingerprint density at radius 1 is 1.26 bits per heavy atom. The molecular weight excluding hydrogens is 242 g/mol. The summed E-state index contributed by atoms with van der Waals surface area (Å²) in [5.41, 5.74) is 2.13. The first-order valence-corrected chi connectivity index (χ1v) is 6.42. The number of pyridine rings is 1. The van der Waals surface area contributed by atoms with Crippen LogP contribution in [0.15, 0.2) is 35.1 Å². The summed E-state index contributed by atoms with van der Waals surface area (Å²) in [7, 11) is 1.64. The van der Waals surface area contributed by atoms with E-state index in [0.29, 0.717) is 5.88 Å². The number of anilines is 1. The van der Waals surface area contributed by atoms with E-state index in [-0.39, 0.29) is 0 Å². The third-order valence-corrected chi connectivity index (χ3v) is 3.31. The number of ether oxygens (including phenoxy) is 1. The molecule has 5 nitrogen and oxygen atoms in total. The van der Waals surface area contributed by atoms with Crippen molar-refractivity contribution in [3.05, 3.63) is 30.7 Å². The zero-order chi connectivity index (χ0) is 13.1. The Hall–Kier alpha value is -2.01. The second kappa shape index (κ2) is 5.32. The van der Waals surface area contributed by atoms with Crippen molar-refractivity contribution in [2.75, 3.05) is 38.2 Å². The first kappa shape index (κ1) is 12.0. The minimum Gasteiger partial charge on any atom is -0.481 e. The summed E-state index contributed by atoms with van der Waals surface area (Å²) < 4.78 is 10.4. The summed E-state index contributed by atoms with van der Waals surface area (Å²) >= 11 is 0. The smallest absolute Gasteiger partial charge is 0.214 e. The zero-order valence-corrected chi connectivity index (χ0v) is 10.9. The van der Waals surface area contributed by atoms with Crippen LogP contribution in [0.5, 0.6) is 5.88 Å². The number of nitrogens with zero attached hydrogens (tertiary/aromatic N) is 2. The highest BCUT2D eigenvalue weighted by molar-refractivity contribution is 5.75. The van der Waals surface area contributed by atoms with E-state index in [1.54, 1.807) is 19.6 Å². The molecule has 0 bridgehead atoms. The van der Waals surface area contributed by atoms with Crippen molar-refractivity contribution in [2.24, 2.45) is 0 Å². The molecule has 0 spiro atoms. The third kappa shape index (κ3) is 2.42. The molecule has 0 aromatic carbocycles. The van der Waals surface area contributed by atoms with Gasteiger partial charge in [0.1, 0.15) is 5.82 Å². The van der Waals surface area contributed by atoms with Crippen LogP contribution in [0.2, 0.25) is 0 Å². The first-order chi connectivity index (χ1) is 9.38. The Kier molecular flexibility index (Phi) is 3.37. The van der Waals surface area contributed by atoms with Gasteiger partial charge in [-0.2, -0.15) is 4.98 Å². The topological polar surface area (TPSA) is 50.5 Å². The van der Waals surface area contributed by atoms with Gasteiger partial charge in [-0.25, -0.2) is 0 Å². The van der Waals surface area contributed by atoms with Crippen molar-refractivity contribution >= 4 is 5.82 Å². The molecule has 0 saturated carbocycles. The Labute approximate surface area is 112 Å². The fourth-order valence-electron chi connectivity index (χ4n) is 2.31. The number of methoxy groups -OCH3 is 1. The van der Waals surface area contributed by atoms with Gasteiger partial charge in [0.05, 0.1) is 19.6 Å². The van der Waals surface area contributed by atoms with Crippen molar-refractivity contribution in [1.82, 2.24) is 10.3 Å². The highest BCUT2D eigenvalue weighted by atomic mass is 16.5. The van der Waals surface area contributed by atoms with Crippen LogP contribution in [-0.4, -0.2) is 38.3 Å². The molecule has 1 aliphatic rings. The van der Waals surface area contributed by atoms with E-state index in [9.17, 15) is 0 Å². The fraction of sp³-hybridized carbons (Fsp3) is 0.357. The van der Waals surface area contributed by atoms with Gasteiger partial charge in [-0.1, -0.05) is 0 Å². The maximum atomic E-state index is 5.24. The second-order valence-corrected chi connectivity index (χ2v) is 4.47. The summed E-state index contributed by atoms with van der Waals surface area (Å²) in [6, 6.07) is 5.87. The van der Waals surface area contributed by atoms with E-state index >= 15 is 0 Å². The number of hydrogen-bond donors (Lipinski definition) is 1. The molecule has 3 rings (SSSR count). The summed E-state index contributed by atoms with van der Waals surface area (Å²) in [6.45, 7) is 3.85. The quantitative estimate of drug-likeness (QED) is 0.910. The Bertz CT molecular complexity index is 534. The number of hydrogen-bond acceptors (Lipinski definition) is 5. The fourth-order valence-corrected chi connectivity index (χ4v) is 2.31. The standard InChI is InChI=1S/C14H17N3O2/c1-18-13-3-2-12(11-4-9-19-10-11)14(16-13)17-7-5-15-6-8-17/h2-4,9-10,15H,5-8H2,1H3. The molecule has 5 heteroatoms. The maximum absolute atomic E-state index is 5.24. The van der Waals surface area contributed by atoms with Crippen LogP contribution in [0.4, 0.5) is 5.82 Å². The average Bonchev–Trinajstić information content (AvgIpc) is 3.01. The van der Waals surface area contributed by atoms with Crippen LogP contribution in [0.25, 0.3) is 11.1 Å². The minimum absolute atomic E-state index is 0.640. The summed E-state index contributed by atoms with van der Waals surface area (Å²) in [6.07, 6.45) is 3.43. The van der Waals surface area contributed by atoms with E-state index in [4.69, 9.17) is 9.15 Å². The summed E-state index contributed by atoms with van der Waals surface area (Å²) in [4.78, 5) is 6.88. The van der Waals surface area contributed by atoms with E-state index in [1.165, 1.54) is 0 Å². The molecule has 0 unspecified atom stereocenters. The minimum atomic E-state index is 0.640. The van der Waals surface area contributed by atoms with Gasteiger partial charge in [0, 0.05) is 43.4 Å². The molecule has 0 aliphatic carbocycles. The van der Waals surface area contributed by atoms with Gasteiger partial charge in [0.25, 0.3) is 0 Å². The predicted molar refractivity (Wildman–Crippen MR) is 73.6 cm³/mol. The van der Waals surface area contributed by atoms with E-state index < -0.39 is 0 Å². The zero-order valence-electron chi connectivity index (χ0n) is 10.9. The molecule has 0 atom stereocenters. The Balaban J connectivity index is 2.02. The number of aromatic nitrogens is 1. The Morgan fingerprint density at radius 2 is 2.11 bits per heavy atom. The lowest BCUT2D eigenvalue weighted by atomic mass is 10.1. The highest BCUT2D eigenvalue weighted by Crippen LogP contribution is 2.31. The van der Waals surface area contributed by atoms with Gasteiger partial charge in [0.2, 0.25) is 5.88 Å². The van der Waals surface area contributed by atoms with Gasteiger partial charge in [-0.3, -0.25) is 0 Å². The number of piperazine rings is 1. The molecular formula is C14H17N3O2. The first-order valence-electron chi connectivity index (χ1n) is 6.42. The van der Waals surface area contributed by atoms with Gasteiger partial charge >= 0.3 is 0 Å². The molecule has 0 radical (unpaired) electrons. The molecule has 1 N–H and O–H groups in total. The number of nitrogens with one attached hydrogen (secondary N) is 1. The van der Waals surface area contributed by atoms with Crippen LogP contribution in [0.3, 0.4) is 0 Å². The highest BCUT2D eigenvalue weighted by Gasteiger charge is 2.18. The lowest BCUT2D eigenvalue weighted by molar-refractivity contribution is 0.397. The van der Waals surface area contributed by atoms with Crippen molar-refractivity contribution < 1.29 is 9.15 Å². The predicted octanol–water partition coefficient (Wildman–Crippen LogP) is 1.76. The van der Waals surface area contributed by atoms with Crippen LogP contribution in [0.1, 0.15) is 0 Å². The normalized spacial score (nSPS) is 15.5. The average molecular weight is 259 g/mol. The largest absolute Gasteiger partial charge is 0.481 e. The van der Waals surface area contributed by atoms with Gasteiger partial charge in [-0.15, -0.1) is 0 Å². The van der Waals surface area contributed by atoms with Gasteiger partial charge in [0.15, 0.2) is 0 Å². The Morgan fingerprint density at radius 3 is 2.79 bits per heavy atom. The maximum Gasteiger partial charge on any atom is 0.214 e. The lowest BCUT2D eigenvalue weighted by Crippen LogP contribution is -2.44. The molecule has 1 aliphatic heterocycles. The molecule has 2 aromatic rings. The van der Waals surface area contributed by atoms with Crippen LogP contribution >= 0.6 is 0 Å². The summed E-state index contributed by atoms with van der Waals surface area (Å²) in [5, 5.41) is 3.35. The third-order valence-electron chi connectivity index (χ3n) is 3.31. The van der Waals surface area contributed by atoms with E-state index in [1.807, 2.05) is 18.2 Å². The molecule has 0 amide bonds. The molecule has 2 aromatic heterocycles. The molecule has 100 valence electrons. The monoisotopic (exact) mass is 259 g/mol. The summed E-state index contributed by atoms with van der Waals surface area (Å²) in [5.74, 6) is 1.60. The SMILES string of the molecule is COc1ccc(-c2ccoc2)c(N2CCNCC2)n1. The van der Waals surface area contributed by atoms with Crippen molar-refractivity contribution in [3.8, 4) is 17.0 Å². The number of furan rings is 1. The molecule has 1 fully saturated rings. The van der Waals surface area contributed by atoms with Crippen molar-refractivity contribution in [2.45, 2.75) is 0 Å². The second-order valence-electron chi connectivity index (χ2n) is 4.47. The van der Waals surface area contributed by atoms with Crippen LogP contribution in [0, 0.1) is 0 Å². The lowest BCUT2D eigenvalue weighted by Gasteiger charge is -2.30. The van der Waals surface area contributed by atoms with Crippen LogP contribution in [-0.2, 0) is 0 Å².